The van der Waals surface area contributed by atoms with Crippen molar-refractivity contribution in [2.45, 2.75) is 13.0 Å². The quantitative estimate of drug-likeness (QED) is 0.569. The number of hydrogen-bond acceptors (Lipinski definition) is 5. The maximum absolute atomic E-state index is 5.83. The summed E-state index contributed by atoms with van der Waals surface area (Å²) in [6.07, 6.45) is 2.42. The first-order valence-electron chi connectivity index (χ1n) is 7.21. The predicted molar refractivity (Wildman–Crippen MR) is 87.6 cm³/mol. The van der Waals surface area contributed by atoms with E-state index < -0.39 is 0 Å². The number of guanidine groups is 1. The number of nitrogens with zero attached hydrogens (tertiary/aromatic N) is 4. The van der Waals surface area contributed by atoms with Gasteiger partial charge in [0.05, 0.1) is 14.2 Å². The van der Waals surface area contributed by atoms with Crippen molar-refractivity contribution in [2.75, 3.05) is 20.8 Å². The van der Waals surface area contributed by atoms with Crippen LogP contribution in [0.1, 0.15) is 11.4 Å². The van der Waals surface area contributed by atoms with Gasteiger partial charge in [0.2, 0.25) is 0 Å². The molecule has 0 aliphatic heterocycles. The fourth-order valence-corrected chi connectivity index (χ4v) is 2.04. The van der Waals surface area contributed by atoms with Gasteiger partial charge >= 0.3 is 0 Å². The summed E-state index contributed by atoms with van der Waals surface area (Å²) in [5.41, 5.74) is 6.95. The third-order valence-electron chi connectivity index (χ3n) is 3.21. The molecular formula is C15H22N6O2. The van der Waals surface area contributed by atoms with Crippen molar-refractivity contribution in [3.05, 3.63) is 35.9 Å². The molecule has 8 nitrogen and oxygen atoms in total. The minimum absolute atomic E-state index is 0.357. The number of nitrogens with two attached hydrogens (primary N) is 1. The Morgan fingerprint density at radius 1 is 1.30 bits per heavy atom. The van der Waals surface area contributed by atoms with Crippen LogP contribution in [0.5, 0.6) is 11.5 Å². The van der Waals surface area contributed by atoms with E-state index in [0.29, 0.717) is 36.4 Å². The van der Waals surface area contributed by atoms with E-state index in [1.54, 1.807) is 25.2 Å². The van der Waals surface area contributed by atoms with E-state index in [2.05, 4.69) is 20.4 Å². The Hall–Kier alpha value is -2.77. The first-order chi connectivity index (χ1) is 11.1. The number of nitrogens with one attached hydrogen (secondary N) is 1. The highest BCUT2D eigenvalue weighted by Crippen LogP contribution is 2.27. The lowest BCUT2D eigenvalue weighted by molar-refractivity contribution is 0.354. The number of aryl methyl sites for hydroxylation is 1. The highest BCUT2D eigenvalue weighted by atomic mass is 16.5. The maximum atomic E-state index is 5.83. The fraction of sp³-hybridized carbons (Fsp3) is 0.400. The second-order valence-electron chi connectivity index (χ2n) is 4.90. The molecule has 1 aromatic heterocycles. The molecule has 23 heavy (non-hydrogen) atoms. The largest absolute Gasteiger partial charge is 0.493 e. The lowest BCUT2D eigenvalue weighted by Gasteiger charge is -2.10. The molecule has 0 amide bonds. The minimum Gasteiger partial charge on any atom is -0.493 e. The molecule has 2 aromatic rings. The molecule has 124 valence electrons. The van der Waals surface area contributed by atoms with Gasteiger partial charge in [0, 0.05) is 13.6 Å². The zero-order valence-corrected chi connectivity index (χ0v) is 13.6. The molecule has 2 rings (SSSR count). The van der Waals surface area contributed by atoms with Crippen LogP contribution in [0.25, 0.3) is 0 Å². The highest BCUT2D eigenvalue weighted by molar-refractivity contribution is 5.77. The lowest BCUT2D eigenvalue weighted by atomic mass is 10.1. The molecule has 0 unspecified atom stereocenters. The molecule has 8 heteroatoms. The van der Waals surface area contributed by atoms with E-state index in [9.17, 15) is 0 Å². The maximum Gasteiger partial charge on any atom is 0.189 e. The first kappa shape index (κ1) is 16.6. The van der Waals surface area contributed by atoms with Gasteiger partial charge in [-0.25, -0.2) is 9.98 Å². The van der Waals surface area contributed by atoms with Crippen LogP contribution in [-0.2, 0) is 20.0 Å². The standard InChI is InChI=1S/C15H22N6O2/c1-21-10-19-14(20-21)9-18-15(16)17-7-6-11-4-5-12(22-2)13(8-11)23-3/h4-5,8,10H,6-7,9H2,1-3H3,(H3,16,17,18). The van der Waals surface area contributed by atoms with Gasteiger partial charge in [0.15, 0.2) is 23.3 Å². The summed E-state index contributed by atoms with van der Waals surface area (Å²) >= 11 is 0. The number of aliphatic imine (C=N–C) groups is 1. The van der Waals surface area contributed by atoms with Crippen molar-refractivity contribution in [2.24, 2.45) is 17.8 Å². The smallest absolute Gasteiger partial charge is 0.189 e. The molecule has 0 saturated carbocycles. The molecule has 0 atom stereocenters. The van der Waals surface area contributed by atoms with Crippen molar-refractivity contribution in [3.63, 3.8) is 0 Å². The zero-order chi connectivity index (χ0) is 16.7. The molecule has 3 N–H and O–H groups in total. The van der Waals surface area contributed by atoms with Crippen molar-refractivity contribution < 1.29 is 9.47 Å². The lowest BCUT2D eigenvalue weighted by Crippen LogP contribution is -2.33. The van der Waals surface area contributed by atoms with Crippen LogP contribution in [0.3, 0.4) is 0 Å². The molecule has 0 spiro atoms. The van der Waals surface area contributed by atoms with Crippen LogP contribution in [-0.4, -0.2) is 41.5 Å². The summed E-state index contributed by atoms with van der Waals surface area (Å²) in [5.74, 6) is 2.44. The summed E-state index contributed by atoms with van der Waals surface area (Å²) in [6, 6.07) is 5.83. The van der Waals surface area contributed by atoms with E-state index in [0.717, 1.165) is 12.0 Å². The van der Waals surface area contributed by atoms with E-state index in [1.807, 2.05) is 25.2 Å². The Morgan fingerprint density at radius 2 is 2.09 bits per heavy atom. The number of aromatic nitrogens is 3. The van der Waals surface area contributed by atoms with Gasteiger partial charge in [-0.15, -0.1) is 0 Å². The Balaban J connectivity index is 1.82. The van der Waals surface area contributed by atoms with Gasteiger partial charge in [-0.05, 0) is 24.1 Å². The second kappa shape index (κ2) is 8.02. The third kappa shape index (κ3) is 4.87. The molecule has 0 radical (unpaired) electrons. The van der Waals surface area contributed by atoms with Gasteiger partial charge in [-0.2, -0.15) is 5.10 Å². The third-order valence-corrected chi connectivity index (χ3v) is 3.21. The molecule has 0 fully saturated rings. The minimum atomic E-state index is 0.357. The number of benzene rings is 1. The van der Waals surface area contributed by atoms with Gasteiger partial charge in [0.1, 0.15) is 12.9 Å². The molecule has 0 aliphatic rings. The molecule has 0 bridgehead atoms. The average Bonchev–Trinajstić information content (AvgIpc) is 2.98. The van der Waals surface area contributed by atoms with E-state index in [-0.39, 0.29) is 0 Å². The fourth-order valence-electron chi connectivity index (χ4n) is 2.04. The first-order valence-corrected chi connectivity index (χ1v) is 7.21. The summed E-state index contributed by atoms with van der Waals surface area (Å²) in [7, 11) is 5.05. The van der Waals surface area contributed by atoms with E-state index in [4.69, 9.17) is 15.2 Å². The average molecular weight is 318 g/mol. The second-order valence-corrected chi connectivity index (χ2v) is 4.90. The molecular weight excluding hydrogens is 296 g/mol. The summed E-state index contributed by atoms with van der Waals surface area (Å²) < 4.78 is 12.1. The van der Waals surface area contributed by atoms with E-state index >= 15 is 0 Å². The predicted octanol–water partition coefficient (Wildman–Crippen LogP) is 0.479. The van der Waals surface area contributed by atoms with Crippen LogP contribution in [0.2, 0.25) is 0 Å². The van der Waals surface area contributed by atoms with Crippen LogP contribution >= 0.6 is 0 Å². The molecule has 0 aliphatic carbocycles. The van der Waals surface area contributed by atoms with Crippen molar-refractivity contribution in [3.8, 4) is 11.5 Å². The number of ether oxygens (including phenoxy) is 2. The van der Waals surface area contributed by atoms with Crippen molar-refractivity contribution >= 4 is 5.96 Å². The zero-order valence-electron chi connectivity index (χ0n) is 13.6. The summed E-state index contributed by atoms with van der Waals surface area (Å²) in [6.45, 7) is 1.02. The van der Waals surface area contributed by atoms with Crippen molar-refractivity contribution in [1.29, 1.82) is 0 Å². The Bertz CT molecular complexity index is 668. The SMILES string of the molecule is COc1ccc(CCNC(N)=NCc2ncn(C)n2)cc1OC. The Labute approximate surface area is 135 Å². The Kier molecular flexibility index (Phi) is 5.79. The normalized spacial score (nSPS) is 11.3. The monoisotopic (exact) mass is 318 g/mol. The summed E-state index contributed by atoms with van der Waals surface area (Å²) in [5, 5.41) is 7.20. The van der Waals surface area contributed by atoms with Gasteiger partial charge < -0.3 is 20.5 Å². The van der Waals surface area contributed by atoms with Gasteiger partial charge in [0.25, 0.3) is 0 Å². The highest BCUT2D eigenvalue weighted by Gasteiger charge is 2.04. The molecule has 1 heterocycles. The number of rotatable bonds is 7. The van der Waals surface area contributed by atoms with Gasteiger partial charge in [-0.1, -0.05) is 6.07 Å². The molecule has 1 aromatic carbocycles. The number of methoxy groups -OCH3 is 2. The van der Waals surface area contributed by atoms with Crippen LogP contribution in [0, 0.1) is 0 Å². The topological polar surface area (TPSA) is 99.6 Å². The van der Waals surface area contributed by atoms with Crippen LogP contribution in [0.4, 0.5) is 0 Å². The van der Waals surface area contributed by atoms with Gasteiger partial charge in [-0.3, -0.25) is 4.68 Å². The summed E-state index contributed by atoms with van der Waals surface area (Å²) in [4.78, 5) is 8.29. The Morgan fingerprint density at radius 3 is 2.74 bits per heavy atom. The molecule has 0 saturated heterocycles. The van der Waals surface area contributed by atoms with E-state index in [1.165, 1.54) is 0 Å². The number of hydrogen-bond donors (Lipinski definition) is 2. The van der Waals surface area contributed by atoms with Crippen LogP contribution in [0.15, 0.2) is 29.5 Å². The van der Waals surface area contributed by atoms with Crippen molar-refractivity contribution in [1.82, 2.24) is 20.1 Å². The van der Waals surface area contributed by atoms with Crippen LogP contribution < -0.4 is 20.5 Å².